The van der Waals surface area contributed by atoms with Gasteiger partial charge in [-0.2, -0.15) is 0 Å². The normalized spacial score (nSPS) is 20.4. The summed E-state index contributed by atoms with van der Waals surface area (Å²) in [6.45, 7) is 9.09. The summed E-state index contributed by atoms with van der Waals surface area (Å²) in [4.78, 5) is 15.0. The number of hydrogen-bond donors (Lipinski definition) is 0. The van der Waals surface area contributed by atoms with E-state index < -0.39 is 0 Å². The third kappa shape index (κ3) is 2.33. The fraction of sp³-hybridized carbons (Fsp3) is 0.647. The van der Waals surface area contributed by atoms with Gasteiger partial charge in [-0.3, -0.25) is 0 Å². The molecule has 1 saturated heterocycles. The Labute approximate surface area is 130 Å². The molecule has 1 aliphatic heterocycles. The smallest absolute Gasteiger partial charge is 0.141 e. The van der Waals surface area contributed by atoms with E-state index in [2.05, 4.69) is 25.7 Å². The molecule has 1 aliphatic carbocycles. The standard InChI is InChI=1S/C17H23N3S/c1-10-6-8-20(9-7-10)16-14-11(2)12(3)21-17(14)19-15(18-16)13-4-5-13/h10,13H,4-9H2,1-3H3. The Morgan fingerprint density at radius 2 is 1.76 bits per heavy atom. The predicted octanol–water partition coefficient (Wildman–Crippen LogP) is 4.42. The Bertz CT molecular complexity index is 679. The van der Waals surface area contributed by atoms with Crippen LogP contribution in [0.15, 0.2) is 0 Å². The summed E-state index contributed by atoms with van der Waals surface area (Å²) >= 11 is 1.84. The fourth-order valence-corrected chi connectivity index (χ4v) is 4.25. The number of aromatic nitrogens is 2. The third-order valence-electron chi connectivity index (χ3n) is 5.05. The monoisotopic (exact) mass is 301 g/mol. The van der Waals surface area contributed by atoms with Crippen LogP contribution in [0.5, 0.6) is 0 Å². The molecule has 2 fully saturated rings. The molecule has 1 saturated carbocycles. The minimum atomic E-state index is 0.625. The molecule has 3 nitrogen and oxygen atoms in total. The van der Waals surface area contributed by atoms with Gasteiger partial charge in [0.1, 0.15) is 16.5 Å². The number of rotatable bonds is 2. The summed E-state index contributed by atoms with van der Waals surface area (Å²) < 4.78 is 0. The summed E-state index contributed by atoms with van der Waals surface area (Å²) in [5.41, 5.74) is 1.38. The lowest BCUT2D eigenvalue weighted by atomic mass is 9.99. The Kier molecular flexibility index (Phi) is 3.18. The van der Waals surface area contributed by atoms with Crippen LogP contribution in [0.3, 0.4) is 0 Å². The lowest BCUT2D eigenvalue weighted by Gasteiger charge is -2.32. The molecule has 3 heterocycles. The van der Waals surface area contributed by atoms with Gasteiger partial charge in [0.15, 0.2) is 0 Å². The molecule has 0 radical (unpaired) electrons. The molecule has 0 amide bonds. The van der Waals surface area contributed by atoms with Gasteiger partial charge in [0.05, 0.1) is 5.39 Å². The number of fused-ring (bicyclic) bond motifs is 1. The lowest BCUT2D eigenvalue weighted by molar-refractivity contribution is 0.437. The largest absolute Gasteiger partial charge is 0.356 e. The van der Waals surface area contributed by atoms with Crippen molar-refractivity contribution in [3.63, 3.8) is 0 Å². The van der Waals surface area contributed by atoms with Crippen LogP contribution in [0, 0.1) is 19.8 Å². The van der Waals surface area contributed by atoms with Gasteiger partial charge < -0.3 is 4.90 Å². The van der Waals surface area contributed by atoms with E-state index >= 15 is 0 Å². The summed E-state index contributed by atoms with van der Waals surface area (Å²) in [5.74, 6) is 3.79. The molecule has 4 rings (SSSR count). The number of hydrogen-bond acceptors (Lipinski definition) is 4. The second-order valence-corrected chi connectivity index (χ2v) is 8.02. The molecule has 0 spiro atoms. The molecule has 0 N–H and O–H groups in total. The van der Waals surface area contributed by atoms with Crippen molar-refractivity contribution in [1.29, 1.82) is 0 Å². The first-order chi connectivity index (χ1) is 10.1. The quantitative estimate of drug-likeness (QED) is 0.822. The fourth-order valence-electron chi connectivity index (χ4n) is 3.22. The van der Waals surface area contributed by atoms with Crippen molar-refractivity contribution in [3.05, 3.63) is 16.3 Å². The summed E-state index contributed by atoms with van der Waals surface area (Å²) in [7, 11) is 0. The van der Waals surface area contributed by atoms with E-state index in [-0.39, 0.29) is 0 Å². The molecule has 2 aliphatic rings. The Balaban J connectivity index is 1.84. The molecule has 0 unspecified atom stereocenters. The van der Waals surface area contributed by atoms with Gasteiger partial charge in [0, 0.05) is 23.9 Å². The first-order valence-corrected chi connectivity index (χ1v) is 8.97. The summed E-state index contributed by atoms with van der Waals surface area (Å²) in [6, 6.07) is 0. The van der Waals surface area contributed by atoms with E-state index in [9.17, 15) is 0 Å². The van der Waals surface area contributed by atoms with E-state index in [0.29, 0.717) is 5.92 Å². The number of piperidine rings is 1. The van der Waals surface area contributed by atoms with Crippen molar-refractivity contribution < 1.29 is 0 Å². The Morgan fingerprint density at radius 3 is 2.43 bits per heavy atom. The highest BCUT2D eigenvalue weighted by Crippen LogP contribution is 2.42. The van der Waals surface area contributed by atoms with Crippen LogP contribution in [-0.4, -0.2) is 23.1 Å². The second-order valence-electron chi connectivity index (χ2n) is 6.81. The SMILES string of the molecule is Cc1sc2nc(C3CC3)nc(N3CCC(C)CC3)c2c1C. The average molecular weight is 301 g/mol. The highest BCUT2D eigenvalue weighted by Gasteiger charge is 2.30. The molecule has 2 aromatic rings. The maximum Gasteiger partial charge on any atom is 0.141 e. The maximum absolute atomic E-state index is 5.01. The molecule has 21 heavy (non-hydrogen) atoms. The molecule has 0 bridgehead atoms. The van der Waals surface area contributed by atoms with E-state index in [1.165, 1.54) is 52.2 Å². The molecule has 0 atom stereocenters. The van der Waals surface area contributed by atoms with Gasteiger partial charge >= 0.3 is 0 Å². The minimum Gasteiger partial charge on any atom is -0.356 e. The highest BCUT2D eigenvalue weighted by atomic mass is 32.1. The van der Waals surface area contributed by atoms with Crippen LogP contribution in [0.2, 0.25) is 0 Å². The molecular formula is C17H23N3S. The number of anilines is 1. The highest BCUT2D eigenvalue weighted by molar-refractivity contribution is 7.18. The van der Waals surface area contributed by atoms with Gasteiger partial charge in [-0.15, -0.1) is 11.3 Å². The van der Waals surface area contributed by atoms with Crippen LogP contribution in [0.1, 0.15) is 54.8 Å². The van der Waals surface area contributed by atoms with Crippen LogP contribution < -0.4 is 4.90 Å². The number of thiophene rings is 1. The maximum atomic E-state index is 5.01. The first-order valence-electron chi connectivity index (χ1n) is 8.16. The van der Waals surface area contributed by atoms with Crippen LogP contribution in [0.4, 0.5) is 5.82 Å². The molecule has 4 heteroatoms. The minimum absolute atomic E-state index is 0.625. The number of aryl methyl sites for hydroxylation is 2. The van der Waals surface area contributed by atoms with Crippen LogP contribution in [0.25, 0.3) is 10.2 Å². The zero-order chi connectivity index (χ0) is 14.6. The lowest BCUT2D eigenvalue weighted by Crippen LogP contribution is -2.33. The third-order valence-corrected chi connectivity index (χ3v) is 6.15. The van der Waals surface area contributed by atoms with Crippen molar-refractivity contribution in [2.75, 3.05) is 18.0 Å². The molecule has 0 aromatic carbocycles. The summed E-state index contributed by atoms with van der Waals surface area (Å²) in [6.07, 6.45) is 5.11. The van der Waals surface area contributed by atoms with Crippen LogP contribution in [-0.2, 0) is 0 Å². The average Bonchev–Trinajstić information content (AvgIpc) is 3.27. The van der Waals surface area contributed by atoms with E-state index in [1.54, 1.807) is 0 Å². The first kappa shape index (κ1) is 13.5. The van der Waals surface area contributed by atoms with Gasteiger partial charge in [0.2, 0.25) is 0 Å². The Hall–Kier alpha value is -1.16. The van der Waals surface area contributed by atoms with Gasteiger partial charge in [0.25, 0.3) is 0 Å². The van der Waals surface area contributed by atoms with Gasteiger partial charge in [-0.25, -0.2) is 9.97 Å². The molecular weight excluding hydrogens is 278 g/mol. The van der Waals surface area contributed by atoms with Gasteiger partial charge in [-0.1, -0.05) is 6.92 Å². The van der Waals surface area contributed by atoms with E-state index in [4.69, 9.17) is 9.97 Å². The molecule has 112 valence electrons. The van der Waals surface area contributed by atoms with Crippen LogP contribution >= 0.6 is 11.3 Å². The zero-order valence-corrected chi connectivity index (χ0v) is 14.0. The number of nitrogens with zero attached hydrogens (tertiary/aromatic N) is 3. The van der Waals surface area contributed by atoms with Crippen molar-refractivity contribution in [2.24, 2.45) is 5.92 Å². The topological polar surface area (TPSA) is 29.0 Å². The zero-order valence-electron chi connectivity index (χ0n) is 13.1. The predicted molar refractivity (Wildman–Crippen MR) is 89.5 cm³/mol. The van der Waals surface area contributed by atoms with Crippen molar-refractivity contribution >= 4 is 27.4 Å². The van der Waals surface area contributed by atoms with E-state index in [1.807, 2.05) is 11.3 Å². The summed E-state index contributed by atoms with van der Waals surface area (Å²) in [5, 5.41) is 1.32. The van der Waals surface area contributed by atoms with Crippen molar-refractivity contribution in [2.45, 2.75) is 52.4 Å². The van der Waals surface area contributed by atoms with Crippen molar-refractivity contribution in [1.82, 2.24) is 9.97 Å². The molecule has 2 aromatic heterocycles. The van der Waals surface area contributed by atoms with Gasteiger partial charge in [-0.05, 0) is 51.0 Å². The Morgan fingerprint density at radius 1 is 1.05 bits per heavy atom. The van der Waals surface area contributed by atoms with E-state index in [0.717, 1.165) is 24.8 Å². The van der Waals surface area contributed by atoms with Crippen molar-refractivity contribution in [3.8, 4) is 0 Å². The second kappa shape index (κ2) is 4.94.